The molecule has 0 aromatic heterocycles. The minimum Gasteiger partial charge on any atom is -0.390 e. The number of aliphatic hydroxyl groups is 1. The van der Waals surface area contributed by atoms with E-state index in [1.165, 1.54) is 12.8 Å². The summed E-state index contributed by atoms with van der Waals surface area (Å²) in [7, 11) is 0. The molecule has 0 bridgehead atoms. The fourth-order valence-electron chi connectivity index (χ4n) is 1.57. The lowest BCUT2D eigenvalue weighted by atomic mass is 9.96. The maximum atomic E-state index is 9.72. The number of unbranched alkanes of at least 4 members (excludes halogenated alkanes) is 2. The average Bonchev–Trinajstić information content (AvgIpc) is 2.62. The van der Waals surface area contributed by atoms with Gasteiger partial charge in [0.25, 0.3) is 0 Å². The summed E-state index contributed by atoms with van der Waals surface area (Å²) in [5, 5.41) is 9.72. The Balaban J connectivity index is 2.16. The predicted molar refractivity (Wildman–Crippen MR) is 49.1 cm³/mol. The Labute approximate surface area is 74.9 Å². The molecule has 1 heterocycles. The lowest BCUT2D eigenvalue weighted by Gasteiger charge is -2.14. The molecular formula is C10H20O2. The van der Waals surface area contributed by atoms with Crippen LogP contribution >= 0.6 is 0 Å². The van der Waals surface area contributed by atoms with Crippen LogP contribution in [0.15, 0.2) is 0 Å². The molecule has 12 heavy (non-hydrogen) atoms. The van der Waals surface area contributed by atoms with E-state index in [1.807, 2.05) is 13.8 Å². The topological polar surface area (TPSA) is 32.8 Å². The Kier molecular flexibility index (Phi) is 3.13. The number of epoxide rings is 1. The zero-order valence-corrected chi connectivity index (χ0v) is 8.34. The van der Waals surface area contributed by atoms with Crippen molar-refractivity contribution in [3.8, 4) is 0 Å². The van der Waals surface area contributed by atoms with Crippen LogP contribution in [0.1, 0.15) is 46.5 Å². The van der Waals surface area contributed by atoms with E-state index in [1.54, 1.807) is 0 Å². The molecule has 1 rings (SSSR count). The highest BCUT2D eigenvalue weighted by molar-refractivity contribution is 5.01. The van der Waals surface area contributed by atoms with Crippen molar-refractivity contribution in [3.63, 3.8) is 0 Å². The summed E-state index contributed by atoms with van der Waals surface area (Å²) in [5.41, 5.74) is -0.228. The molecule has 1 aliphatic heterocycles. The van der Waals surface area contributed by atoms with Crippen LogP contribution in [0.2, 0.25) is 0 Å². The van der Waals surface area contributed by atoms with Crippen molar-refractivity contribution in [1.82, 2.24) is 0 Å². The number of hydrogen-bond donors (Lipinski definition) is 1. The molecule has 0 amide bonds. The second-order valence-corrected chi connectivity index (χ2v) is 3.96. The minimum absolute atomic E-state index is 0.228. The molecule has 0 aliphatic carbocycles. The van der Waals surface area contributed by atoms with Gasteiger partial charge in [-0.2, -0.15) is 0 Å². The molecule has 0 saturated carbocycles. The first kappa shape index (κ1) is 10.0. The first-order chi connectivity index (χ1) is 5.61. The van der Waals surface area contributed by atoms with Crippen LogP contribution in [-0.2, 0) is 4.74 Å². The van der Waals surface area contributed by atoms with Crippen molar-refractivity contribution in [2.75, 3.05) is 0 Å². The number of rotatable bonds is 5. The van der Waals surface area contributed by atoms with E-state index in [2.05, 4.69) is 6.92 Å². The first-order valence-electron chi connectivity index (χ1n) is 4.97. The lowest BCUT2D eigenvalue weighted by molar-refractivity contribution is 0.0752. The van der Waals surface area contributed by atoms with Crippen molar-refractivity contribution in [1.29, 1.82) is 0 Å². The van der Waals surface area contributed by atoms with E-state index < -0.39 is 0 Å². The normalized spacial score (nSPS) is 36.5. The van der Waals surface area contributed by atoms with E-state index in [-0.39, 0.29) is 17.8 Å². The molecule has 2 heteroatoms. The van der Waals surface area contributed by atoms with Crippen molar-refractivity contribution >= 4 is 0 Å². The highest BCUT2D eigenvalue weighted by Gasteiger charge is 2.53. The molecule has 0 spiro atoms. The molecule has 72 valence electrons. The molecule has 1 aliphatic rings. The average molecular weight is 172 g/mol. The monoisotopic (exact) mass is 172 g/mol. The van der Waals surface area contributed by atoms with Crippen LogP contribution in [0.5, 0.6) is 0 Å². The van der Waals surface area contributed by atoms with Gasteiger partial charge in [0.05, 0.1) is 12.2 Å². The highest BCUT2D eigenvalue weighted by atomic mass is 16.6. The van der Waals surface area contributed by atoms with Crippen molar-refractivity contribution in [2.24, 2.45) is 0 Å². The molecule has 1 fully saturated rings. The van der Waals surface area contributed by atoms with E-state index in [4.69, 9.17) is 4.74 Å². The maximum absolute atomic E-state index is 9.72. The summed E-state index contributed by atoms with van der Waals surface area (Å²) in [6.45, 7) is 6.18. The maximum Gasteiger partial charge on any atom is 0.117 e. The Hall–Kier alpha value is -0.0800. The Morgan fingerprint density at radius 1 is 1.50 bits per heavy atom. The van der Waals surface area contributed by atoms with E-state index in [0.29, 0.717) is 0 Å². The van der Waals surface area contributed by atoms with Crippen LogP contribution in [0.4, 0.5) is 0 Å². The molecule has 3 atom stereocenters. The second-order valence-electron chi connectivity index (χ2n) is 3.96. The molecule has 2 nitrogen and oxygen atoms in total. The number of aliphatic hydroxyl groups excluding tert-OH is 1. The van der Waals surface area contributed by atoms with E-state index >= 15 is 0 Å². The standard InChI is InChI=1S/C10H20O2/c1-4-5-6-7-9(11)10(3)8(2)12-10/h8-9,11H,4-7H2,1-3H3/t8-,9+,10-/m1/s1. The van der Waals surface area contributed by atoms with Gasteiger partial charge < -0.3 is 9.84 Å². The number of ether oxygens (including phenoxy) is 1. The van der Waals surface area contributed by atoms with E-state index in [0.717, 1.165) is 12.8 Å². The molecular weight excluding hydrogens is 152 g/mol. The largest absolute Gasteiger partial charge is 0.390 e. The fraction of sp³-hybridized carbons (Fsp3) is 1.00. The van der Waals surface area contributed by atoms with Gasteiger partial charge in [-0.15, -0.1) is 0 Å². The van der Waals surface area contributed by atoms with Crippen LogP contribution < -0.4 is 0 Å². The van der Waals surface area contributed by atoms with Crippen LogP contribution in [0.3, 0.4) is 0 Å². The van der Waals surface area contributed by atoms with Gasteiger partial charge in [0.2, 0.25) is 0 Å². The summed E-state index contributed by atoms with van der Waals surface area (Å²) in [6, 6.07) is 0. The third-order valence-electron chi connectivity index (χ3n) is 2.92. The third kappa shape index (κ3) is 1.99. The summed E-state index contributed by atoms with van der Waals surface area (Å²) in [4.78, 5) is 0. The number of hydrogen-bond acceptors (Lipinski definition) is 2. The smallest absolute Gasteiger partial charge is 0.117 e. The quantitative estimate of drug-likeness (QED) is 0.509. The third-order valence-corrected chi connectivity index (χ3v) is 2.92. The fourth-order valence-corrected chi connectivity index (χ4v) is 1.57. The van der Waals surface area contributed by atoms with Gasteiger partial charge in [-0.3, -0.25) is 0 Å². The second kappa shape index (κ2) is 3.75. The first-order valence-corrected chi connectivity index (χ1v) is 4.97. The molecule has 0 aromatic rings. The molecule has 1 saturated heterocycles. The Morgan fingerprint density at radius 2 is 2.08 bits per heavy atom. The zero-order valence-electron chi connectivity index (χ0n) is 8.34. The minimum atomic E-state index is -0.265. The van der Waals surface area contributed by atoms with Crippen molar-refractivity contribution < 1.29 is 9.84 Å². The molecule has 0 aromatic carbocycles. The van der Waals surface area contributed by atoms with Gasteiger partial charge in [-0.1, -0.05) is 26.2 Å². The van der Waals surface area contributed by atoms with Gasteiger partial charge in [0.1, 0.15) is 5.60 Å². The SMILES string of the molecule is CCCCC[C@H](O)[C@]1(C)O[C@@H]1C. The van der Waals surface area contributed by atoms with Crippen LogP contribution in [0, 0.1) is 0 Å². The van der Waals surface area contributed by atoms with E-state index in [9.17, 15) is 5.11 Å². The van der Waals surface area contributed by atoms with Gasteiger partial charge in [-0.25, -0.2) is 0 Å². The molecule has 0 unspecified atom stereocenters. The summed E-state index contributed by atoms with van der Waals surface area (Å²) in [6.07, 6.45) is 4.40. The van der Waals surface area contributed by atoms with Crippen LogP contribution in [-0.4, -0.2) is 22.9 Å². The summed E-state index contributed by atoms with van der Waals surface area (Å²) < 4.78 is 5.35. The van der Waals surface area contributed by atoms with Crippen molar-refractivity contribution in [2.45, 2.75) is 64.3 Å². The predicted octanol–water partition coefficient (Wildman–Crippen LogP) is 2.10. The highest BCUT2D eigenvalue weighted by Crippen LogP contribution is 2.40. The van der Waals surface area contributed by atoms with Gasteiger partial charge in [-0.05, 0) is 20.3 Å². The summed E-state index contributed by atoms with van der Waals surface area (Å²) >= 11 is 0. The summed E-state index contributed by atoms with van der Waals surface area (Å²) in [5.74, 6) is 0. The van der Waals surface area contributed by atoms with Gasteiger partial charge in [0, 0.05) is 0 Å². The van der Waals surface area contributed by atoms with Crippen LogP contribution in [0.25, 0.3) is 0 Å². The van der Waals surface area contributed by atoms with Gasteiger partial charge in [0.15, 0.2) is 0 Å². The zero-order chi connectivity index (χ0) is 9.19. The lowest BCUT2D eigenvalue weighted by Crippen LogP contribution is -2.28. The van der Waals surface area contributed by atoms with Gasteiger partial charge >= 0.3 is 0 Å². The van der Waals surface area contributed by atoms with Crippen molar-refractivity contribution in [3.05, 3.63) is 0 Å². The molecule has 1 N–H and O–H groups in total. The Bertz CT molecular complexity index is 147. The Morgan fingerprint density at radius 3 is 2.50 bits per heavy atom. The molecule has 0 radical (unpaired) electrons.